The lowest BCUT2D eigenvalue weighted by atomic mass is 10.0. The van der Waals surface area contributed by atoms with Gasteiger partial charge >= 0.3 is 5.69 Å². The molecule has 0 fully saturated rings. The van der Waals surface area contributed by atoms with Crippen molar-refractivity contribution in [2.24, 2.45) is 0 Å². The summed E-state index contributed by atoms with van der Waals surface area (Å²) in [5.74, 6) is -1.81. The summed E-state index contributed by atoms with van der Waals surface area (Å²) < 4.78 is 4.86. The Morgan fingerprint density at radius 3 is 2.57 bits per heavy atom. The van der Waals surface area contributed by atoms with Crippen LogP contribution in [0.5, 0.6) is 5.75 Å². The summed E-state index contributed by atoms with van der Waals surface area (Å²) in [5, 5.41) is 24.2. The second kappa shape index (κ2) is 7.22. The van der Waals surface area contributed by atoms with Gasteiger partial charge in [0.25, 0.3) is 0 Å². The third-order valence-corrected chi connectivity index (χ3v) is 2.82. The van der Waals surface area contributed by atoms with E-state index in [2.05, 4.69) is 5.32 Å². The summed E-state index contributed by atoms with van der Waals surface area (Å²) in [6.45, 7) is 1.58. The first-order valence-corrected chi connectivity index (χ1v) is 6.20. The van der Waals surface area contributed by atoms with E-state index in [4.69, 9.17) is 4.74 Å². The highest BCUT2D eigenvalue weighted by molar-refractivity contribution is 5.82. The number of carboxylic acid groups (broad SMARTS) is 1. The third kappa shape index (κ3) is 4.44. The van der Waals surface area contributed by atoms with Crippen LogP contribution in [0.3, 0.4) is 0 Å². The van der Waals surface area contributed by atoms with Crippen LogP contribution in [-0.4, -0.2) is 30.0 Å². The zero-order chi connectivity index (χ0) is 16.0. The van der Waals surface area contributed by atoms with Crippen molar-refractivity contribution < 1.29 is 24.4 Å². The Morgan fingerprint density at radius 2 is 2.10 bits per heavy atom. The van der Waals surface area contributed by atoms with Crippen LogP contribution in [0.15, 0.2) is 18.2 Å². The smallest absolute Gasteiger partial charge is 0.311 e. The second-order valence-electron chi connectivity index (χ2n) is 4.26. The molecule has 114 valence electrons. The molecule has 1 aromatic carbocycles. The van der Waals surface area contributed by atoms with Crippen LogP contribution in [0, 0.1) is 10.1 Å². The number of nitro groups is 1. The average molecular weight is 295 g/mol. The molecule has 1 aromatic rings. The number of benzene rings is 1. The molecule has 0 saturated heterocycles. The maximum Gasteiger partial charge on any atom is 0.311 e. The summed E-state index contributed by atoms with van der Waals surface area (Å²) in [7, 11) is 1.30. The van der Waals surface area contributed by atoms with E-state index in [-0.39, 0.29) is 24.3 Å². The van der Waals surface area contributed by atoms with Gasteiger partial charge in [-0.25, -0.2) is 0 Å². The molecule has 21 heavy (non-hydrogen) atoms. The quantitative estimate of drug-likeness (QED) is 0.548. The van der Waals surface area contributed by atoms with Crippen molar-refractivity contribution in [1.29, 1.82) is 0 Å². The van der Waals surface area contributed by atoms with Crippen LogP contribution in [0.25, 0.3) is 0 Å². The van der Waals surface area contributed by atoms with E-state index < -0.39 is 22.8 Å². The van der Waals surface area contributed by atoms with Crippen LogP contribution in [-0.2, 0) is 16.0 Å². The summed E-state index contributed by atoms with van der Waals surface area (Å²) in [5.41, 5.74) is 0.113. The third-order valence-electron chi connectivity index (χ3n) is 2.82. The first-order chi connectivity index (χ1) is 9.88. The first-order valence-electron chi connectivity index (χ1n) is 6.20. The SMILES string of the molecule is CCC(=O)NC(Cc1ccc(OC)c([N+](=O)[O-])c1)C(=O)[O-]. The fourth-order valence-corrected chi connectivity index (χ4v) is 1.73. The van der Waals surface area contributed by atoms with E-state index in [1.165, 1.54) is 25.3 Å². The maximum atomic E-state index is 11.3. The number of carbonyl (C=O) groups excluding carboxylic acids is 2. The Kier molecular flexibility index (Phi) is 5.65. The molecule has 0 spiro atoms. The van der Waals surface area contributed by atoms with Gasteiger partial charge in [-0.2, -0.15) is 0 Å². The Hall–Kier alpha value is -2.64. The molecule has 0 saturated carbocycles. The van der Waals surface area contributed by atoms with Crippen molar-refractivity contribution in [3.05, 3.63) is 33.9 Å². The fourth-order valence-electron chi connectivity index (χ4n) is 1.73. The standard InChI is InChI=1S/C13H16N2O6/c1-3-12(16)14-9(13(17)18)6-8-4-5-11(21-2)10(7-8)15(19)20/h4-5,7,9H,3,6H2,1-2H3,(H,14,16)(H,17,18)/p-1. The lowest BCUT2D eigenvalue weighted by Crippen LogP contribution is -2.49. The highest BCUT2D eigenvalue weighted by atomic mass is 16.6. The van der Waals surface area contributed by atoms with Gasteiger partial charge in [-0.1, -0.05) is 13.0 Å². The minimum atomic E-state index is -1.45. The van der Waals surface area contributed by atoms with Crippen molar-refractivity contribution in [3.8, 4) is 5.75 Å². The highest BCUT2D eigenvalue weighted by Gasteiger charge is 2.18. The van der Waals surface area contributed by atoms with E-state index in [1.54, 1.807) is 6.92 Å². The molecule has 1 rings (SSSR count). The molecular weight excluding hydrogens is 280 g/mol. The molecule has 0 aliphatic heterocycles. The van der Waals surface area contributed by atoms with Crippen LogP contribution in [0.1, 0.15) is 18.9 Å². The predicted octanol–water partition coefficient (Wildman–Crippen LogP) is -0.209. The molecule has 1 amide bonds. The van der Waals surface area contributed by atoms with Gasteiger partial charge in [0.2, 0.25) is 5.91 Å². The minimum Gasteiger partial charge on any atom is -0.548 e. The number of hydrogen-bond donors (Lipinski definition) is 1. The van der Waals surface area contributed by atoms with E-state index in [0.717, 1.165) is 0 Å². The number of aliphatic carboxylic acids is 1. The highest BCUT2D eigenvalue weighted by Crippen LogP contribution is 2.27. The van der Waals surface area contributed by atoms with Gasteiger partial charge in [0.1, 0.15) is 0 Å². The van der Waals surface area contributed by atoms with Crippen molar-refractivity contribution in [2.45, 2.75) is 25.8 Å². The molecule has 0 radical (unpaired) electrons. The van der Waals surface area contributed by atoms with Crippen molar-refractivity contribution in [1.82, 2.24) is 5.32 Å². The maximum absolute atomic E-state index is 11.3. The molecule has 0 aliphatic rings. The number of carbonyl (C=O) groups is 2. The van der Waals surface area contributed by atoms with Gasteiger partial charge in [-0.05, 0) is 18.1 Å². The largest absolute Gasteiger partial charge is 0.548 e. The normalized spacial score (nSPS) is 11.5. The summed E-state index contributed by atoms with van der Waals surface area (Å²) in [6, 6.07) is 2.85. The number of methoxy groups -OCH3 is 1. The van der Waals surface area contributed by atoms with Gasteiger partial charge in [0, 0.05) is 12.5 Å². The lowest BCUT2D eigenvalue weighted by Gasteiger charge is -2.19. The van der Waals surface area contributed by atoms with Gasteiger partial charge in [-0.15, -0.1) is 0 Å². The molecule has 0 aromatic heterocycles. The Balaban J connectivity index is 2.99. The topological polar surface area (TPSA) is 122 Å². The number of amides is 1. The van der Waals surface area contributed by atoms with Crippen molar-refractivity contribution in [3.63, 3.8) is 0 Å². The number of ether oxygens (including phenoxy) is 1. The van der Waals surface area contributed by atoms with E-state index in [0.29, 0.717) is 5.56 Å². The molecular formula is C13H15N2O6-. The van der Waals surface area contributed by atoms with Gasteiger partial charge in [-0.3, -0.25) is 14.9 Å². The lowest BCUT2D eigenvalue weighted by molar-refractivity contribution is -0.385. The predicted molar refractivity (Wildman–Crippen MR) is 70.6 cm³/mol. The molecule has 8 heteroatoms. The van der Waals surface area contributed by atoms with Crippen LogP contribution < -0.4 is 15.2 Å². The van der Waals surface area contributed by atoms with Crippen molar-refractivity contribution in [2.75, 3.05) is 7.11 Å². The molecule has 1 N–H and O–H groups in total. The first kappa shape index (κ1) is 16.4. The minimum absolute atomic E-state index is 0.0753. The summed E-state index contributed by atoms with van der Waals surface area (Å²) in [6.07, 6.45) is 0.0193. The van der Waals surface area contributed by atoms with Crippen molar-refractivity contribution >= 4 is 17.6 Å². The zero-order valence-corrected chi connectivity index (χ0v) is 11.6. The van der Waals surface area contributed by atoms with Gasteiger partial charge < -0.3 is 20.0 Å². The summed E-state index contributed by atoms with van der Waals surface area (Å²) in [4.78, 5) is 32.6. The molecule has 8 nitrogen and oxygen atoms in total. The number of carboxylic acids is 1. The molecule has 1 unspecified atom stereocenters. The van der Waals surface area contributed by atoms with Crippen LogP contribution in [0.4, 0.5) is 5.69 Å². The second-order valence-corrected chi connectivity index (χ2v) is 4.26. The Morgan fingerprint density at radius 1 is 1.43 bits per heavy atom. The number of hydrogen-bond acceptors (Lipinski definition) is 6. The Labute approximate surface area is 120 Å². The van der Waals surface area contributed by atoms with E-state index in [1.807, 2.05) is 0 Å². The number of nitro benzene ring substituents is 1. The Bertz CT molecular complexity index is 558. The summed E-state index contributed by atoms with van der Waals surface area (Å²) >= 11 is 0. The molecule has 0 bridgehead atoms. The average Bonchev–Trinajstić information content (AvgIpc) is 2.45. The van der Waals surface area contributed by atoms with Crippen LogP contribution >= 0.6 is 0 Å². The van der Waals surface area contributed by atoms with Gasteiger partial charge in [0.15, 0.2) is 5.75 Å². The fraction of sp³-hybridized carbons (Fsp3) is 0.385. The number of nitrogens with zero attached hydrogens (tertiary/aromatic N) is 1. The monoisotopic (exact) mass is 295 g/mol. The van der Waals surface area contributed by atoms with Crippen LogP contribution in [0.2, 0.25) is 0 Å². The zero-order valence-electron chi connectivity index (χ0n) is 11.6. The van der Waals surface area contributed by atoms with E-state index in [9.17, 15) is 24.8 Å². The van der Waals surface area contributed by atoms with Gasteiger partial charge in [0.05, 0.1) is 24.0 Å². The number of rotatable bonds is 7. The molecule has 0 aliphatic carbocycles. The molecule has 1 atom stereocenters. The molecule has 0 heterocycles. The van der Waals surface area contributed by atoms with E-state index >= 15 is 0 Å². The number of nitrogens with one attached hydrogen (secondary N) is 1.